The van der Waals surface area contributed by atoms with Gasteiger partial charge >= 0.3 is 0 Å². The highest BCUT2D eigenvalue weighted by Crippen LogP contribution is 2.60. The lowest BCUT2D eigenvalue weighted by Crippen LogP contribution is -2.45. The molecule has 2 aliphatic rings. The summed E-state index contributed by atoms with van der Waals surface area (Å²) in [6.45, 7) is 5.44. The second-order valence-electron chi connectivity index (χ2n) is 14.0. The Morgan fingerprint density at radius 1 is 0.961 bits per heavy atom. The molecule has 51 heavy (non-hydrogen) atoms. The molecule has 262 valence electrons. The lowest BCUT2D eigenvalue weighted by atomic mass is 9.82. The molecule has 0 unspecified atom stereocenters. The van der Waals surface area contributed by atoms with Crippen LogP contribution in [0.25, 0.3) is 16.5 Å². The summed E-state index contributed by atoms with van der Waals surface area (Å²) in [4.78, 5) is 45.8. The molecule has 1 saturated heterocycles. The van der Waals surface area contributed by atoms with Gasteiger partial charge in [0, 0.05) is 35.5 Å². The second-order valence-corrected chi connectivity index (χ2v) is 17.8. The lowest BCUT2D eigenvalue weighted by Gasteiger charge is -2.31. The Labute approximate surface area is 297 Å². The molecular weight excluding hydrogens is 664 g/mol. The topological polar surface area (TPSA) is 105 Å². The Hall–Kier alpha value is -4.97. The number of aromatic nitrogens is 2. The van der Waals surface area contributed by atoms with Crippen molar-refractivity contribution >= 4 is 36.7 Å². The van der Waals surface area contributed by atoms with Gasteiger partial charge in [0.15, 0.2) is 5.60 Å². The van der Waals surface area contributed by atoms with Gasteiger partial charge in [-0.15, -0.1) is 0 Å². The highest BCUT2D eigenvalue weighted by Gasteiger charge is 2.67. The maximum Gasteiger partial charge on any atom is 0.279 e. The number of halogens is 1. The summed E-state index contributed by atoms with van der Waals surface area (Å²) in [6, 6.07) is 31.6. The van der Waals surface area contributed by atoms with Crippen LogP contribution in [-0.2, 0) is 33.0 Å². The van der Waals surface area contributed by atoms with Crippen LogP contribution in [0.3, 0.4) is 0 Å². The summed E-state index contributed by atoms with van der Waals surface area (Å²) >= 11 is 0. The van der Waals surface area contributed by atoms with E-state index in [1.165, 1.54) is 4.68 Å². The van der Waals surface area contributed by atoms with E-state index in [1.54, 1.807) is 59.4 Å². The monoisotopic (exact) mass is 704 g/mol. The molecule has 4 atom stereocenters. The first-order chi connectivity index (χ1) is 24.5. The summed E-state index contributed by atoms with van der Waals surface area (Å²) in [7, 11) is -3.59. The van der Waals surface area contributed by atoms with E-state index in [2.05, 4.69) is 5.10 Å². The largest absolute Gasteiger partial charge is 0.395 e. The minimum absolute atomic E-state index is 0.103. The van der Waals surface area contributed by atoms with Crippen LogP contribution in [0.5, 0.6) is 0 Å². The molecule has 5 aromatic rings. The van der Waals surface area contributed by atoms with Crippen LogP contribution in [0.4, 0.5) is 9.80 Å². The molecule has 3 heterocycles. The van der Waals surface area contributed by atoms with Crippen molar-refractivity contribution in [1.82, 2.24) is 14.7 Å². The molecule has 2 aliphatic heterocycles. The highest BCUT2D eigenvalue weighted by molar-refractivity contribution is 6.72. The molecule has 9 nitrogen and oxygen atoms in total. The molecule has 0 saturated carbocycles. The fraction of sp³-hybridized carbons (Fsp3) is 0.300. The molecule has 4 aromatic carbocycles. The number of rotatable bonds is 10. The number of fused-ring (bicyclic) bond motifs is 3. The zero-order valence-corrected chi connectivity index (χ0v) is 29.9. The third-order valence-corrected chi connectivity index (χ3v) is 12.8. The van der Waals surface area contributed by atoms with Crippen molar-refractivity contribution in [3.05, 3.63) is 136 Å². The Morgan fingerprint density at radius 3 is 2.31 bits per heavy atom. The van der Waals surface area contributed by atoms with Crippen LogP contribution < -0.4 is 10.5 Å². The Kier molecular flexibility index (Phi) is 9.21. The summed E-state index contributed by atoms with van der Waals surface area (Å²) in [5.41, 5.74) is 0.720. The smallest absolute Gasteiger partial charge is 0.279 e. The van der Waals surface area contributed by atoms with Crippen molar-refractivity contribution in [2.75, 3.05) is 18.1 Å². The lowest BCUT2D eigenvalue weighted by molar-refractivity contribution is -0.150. The molecule has 1 fully saturated rings. The van der Waals surface area contributed by atoms with E-state index in [4.69, 9.17) is 4.74 Å². The van der Waals surface area contributed by atoms with E-state index >= 15 is 4.11 Å². The molecule has 1 aromatic heterocycles. The van der Waals surface area contributed by atoms with E-state index in [1.807, 2.05) is 79.7 Å². The van der Waals surface area contributed by atoms with Crippen LogP contribution in [0.15, 0.2) is 114 Å². The number of carbonyl (C=O) groups is 2. The summed E-state index contributed by atoms with van der Waals surface area (Å²) in [6.07, 6.45) is 0.565. The van der Waals surface area contributed by atoms with Crippen molar-refractivity contribution in [3.63, 3.8) is 0 Å². The molecule has 2 amide bonds. The number of amides is 2. The fourth-order valence-electron chi connectivity index (χ4n) is 8.08. The van der Waals surface area contributed by atoms with Crippen molar-refractivity contribution in [2.45, 2.75) is 56.8 Å². The quantitative estimate of drug-likeness (QED) is 0.139. The first-order valence-corrected chi connectivity index (χ1v) is 20.3. The standard InChI is InChI=1S/C40H41FN4O5Si/c1-27-37(51(2,3)41)35(23-36(47)43(20-21-46)25-28-12-6-4-7-13-28)50-40(27)33-22-31(45-38(48)32-17-11-10-16-30(32)24-42-45)18-19-34(33)44(39(40)49)26-29-14-8-5-9-15-29/h4-19,22,24,27,35,37,46H,20-21,23,25-26H2,1-3H3/t27-,35+,37-,40+/m1/s1. The molecule has 0 bridgehead atoms. The van der Waals surface area contributed by atoms with Gasteiger partial charge in [0.25, 0.3) is 11.5 Å². The summed E-state index contributed by atoms with van der Waals surface area (Å²) < 4.78 is 24.8. The second kappa shape index (κ2) is 13.6. The maximum absolute atomic E-state index is 16.6. The van der Waals surface area contributed by atoms with Gasteiger partial charge in [0.1, 0.15) is 0 Å². The fourth-order valence-corrected chi connectivity index (χ4v) is 10.6. The van der Waals surface area contributed by atoms with E-state index in [9.17, 15) is 19.5 Å². The normalized spacial score (nSPS) is 21.4. The van der Waals surface area contributed by atoms with E-state index < -0.39 is 31.6 Å². The van der Waals surface area contributed by atoms with Gasteiger partial charge in [-0.1, -0.05) is 85.8 Å². The van der Waals surface area contributed by atoms with Crippen LogP contribution in [0.2, 0.25) is 18.6 Å². The number of aliphatic hydroxyl groups excluding tert-OH is 1. The van der Waals surface area contributed by atoms with Crippen molar-refractivity contribution in [2.24, 2.45) is 5.92 Å². The summed E-state index contributed by atoms with van der Waals surface area (Å²) in [5.74, 6) is -1.27. The first kappa shape index (κ1) is 34.5. The molecule has 0 radical (unpaired) electrons. The number of hydrogen-bond acceptors (Lipinski definition) is 6. The van der Waals surface area contributed by atoms with Crippen LogP contribution in [0, 0.1) is 5.92 Å². The Balaban J connectivity index is 1.32. The molecule has 1 spiro atoms. The maximum atomic E-state index is 16.6. The van der Waals surface area contributed by atoms with Gasteiger partial charge in [-0.3, -0.25) is 14.4 Å². The van der Waals surface area contributed by atoms with E-state index in [0.717, 1.165) is 11.1 Å². The number of aliphatic hydroxyl groups is 1. The number of carbonyl (C=O) groups excluding carboxylic acids is 2. The third kappa shape index (κ3) is 6.19. The third-order valence-electron chi connectivity index (χ3n) is 10.4. The van der Waals surface area contributed by atoms with Crippen LogP contribution in [0.1, 0.15) is 30.0 Å². The average molecular weight is 705 g/mol. The Morgan fingerprint density at radius 2 is 1.63 bits per heavy atom. The summed E-state index contributed by atoms with van der Waals surface area (Å²) in [5, 5.41) is 15.5. The van der Waals surface area contributed by atoms with Crippen molar-refractivity contribution < 1.29 is 23.5 Å². The van der Waals surface area contributed by atoms with Crippen LogP contribution in [-0.4, -0.2) is 59.3 Å². The minimum Gasteiger partial charge on any atom is -0.395 e. The predicted molar refractivity (Wildman–Crippen MR) is 197 cm³/mol. The van der Waals surface area contributed by atoms with Gasteiger partial charge in [0.2, 0.25) is 14.3 Å². The van der Waals surface area contributed by atoms with Crippen molar-refractivity contribution in [3.8, 4) is 5.69 Å². The van der Waals surface area contributed by atoms with Crippen LogP contribution >= 0.6 is 0 Å². The highest BCUT2D eigenvalue weighted by atomic mass is 28.4. The molecule has 11 heteroatoms. The molecule has 7 rings (SSSR count). The average Bonchev–Trinajstić information content (AvgIpc) is 3.55. The number of anilines is 1. The van der Waals surface area contributed by atoms with E-state index in [-0.39, 0.29) is 50.0 Å². The molecular formula is C40H41FN4O5Si. The number of ether oxygens (including phenoxy) is 1. The zero-order chi connectivity index (χ0) is 35.9. The number of benzene rings is 4. The zero-order valence-electron chi connectivity index (χ0n) is 28.9. The van der Waals surface area contributed by atoms with Gasteiger partial charge in [-0.2, -0.15) is 9.78 Å². The first-order valence-electron chi connectivity index (χ1n) is 17.3. The SMILES string of the molecule is C[C@@H]1[C@@H]([Si](C)(C)F)[C@H](CC(=O)N(CCO)Cc2ccccc2)O[C@@]12C(=O)N(Cc1ccccc1)c1ccc(-n3ncc4ccccc4c3=O)cc12. The van der Waals surface area contributed by atoms with Gasteiger partial charge in [-0.05, 0) is 48.5 Å². The van der Waals surface area contributed by atoms with Crippen molar-refractivity contribution in [1.29, 1.82) is 0 Å². The Bertz CT molecular complexity index is 2140. The predicted octanol–water partition coefficient (Wildman–Crippen LogP) is 6.12. The van der Waals surface area contributed by atoms with Gasteiger partial charge in [-0.25, -0.2) is 0 Å². The van der Waals surface area contributed by atoms with Gasteiger partial charge in [0.05, 0.1) is 48.6 Å². The minimum atomic E-state index is -3.59. The van der Waals surface area contributed by atoms with E-state index in [0.29, 0.717) is 27.7 Å². The molecule has 0 aliphatic carbocycles. The molecule has 1 N–H and O–H groups in total. The number of hydrogen-bond donors (Lipinski definition) is 1. The van der Waals surface area contributed by atoms with Gasteiger partial charge < -0.3 is 23.8 Å². The number of nitrogens with zero attached hydrogens (tertiary/aromatic N) is 4.